The van der Waals surface area contributed by atoms with Crippen LogP contribution in [0.15, 0.2) is 18.2 Å². The van der Waals surface area contributed by atoms with Crippen LogP contribution >= 0.6 is 0 Å². The first-order valence-electron chi connectivity index (χ1n) is 7.84. The zero-order chi connectivity index (χ0) is 16.8. The molecule has 0 bridgehead atoms. The number of hydrogen-bond acceptors (Lipinski definition) is 4. The Labute approximate surface area is 135 Å². The monoisotopic (exact) mass is 321 g/mol. The van der Waals surface area contributed by atoms with Gasteiger partial charge in [-0.3, -0.25) is 4.79 Å². The summed E-state index contributed by atoms with van der Waals surface area (Å²) in [6, 6.07) is 4.50. The average Bonchev–Trinajstić information content (AvgIpc) is 2.54. The summed E-state index contributed by atoms with van der Waals surface area (Å²) in [6.45, 7) is 2.03. The van der Waals surface area contributed by atoms with E-state index in [2.05, 4.69) is 12.2 Å². The van der Waals surface area contributed by atoms with Crippen LogP contribution < -0.4 is 14.8 Å². The highest BCUT2D eigenvalue weighted by Crippen LogP contribution is 2.28. The Morgan fingerprint density at radius 1 is 1.26 bits per heavy atom. The van der Waals surface area contributed by atoms with Gasteiger partial charge in [0.2, 0.25) is 0 Å². The first-order chi connectivity index (χ1) is 11.0. The molecule has 6 heteroatoms. The fourth-order valence-corrected chi connectivity index (χ4v) is 2.84. The molecular weight excluding hydrogens is 298 g/mol. The third kappa shape index (κ3) is 4.61. The Bertz CT molecular complexity index is 572. The second-order valence-electron chi connectivity index (χ2n) is 5.90. The van der Waals surface area contributed by atoms with E-state index in [4.69, 9.17) is 14.6 Å². The lowest BCUT2D eigenvalue weighted by molar-refractivity contribution is -0.124. The molecule has 0 radical (unpaired) electrons. The smallest absolute Gasteiger partial charge is 0.335 e. The molecule has 1 aromatic carbocycles. The molecule has 0 saturated heterocycles. The van der Waals surface area contributed by atoms with E-state index in [0.29, 0.717) is 17.4 Å². The fraction of sp³-hybridized carbons (Fsp3) is 0.529. The highest BCUT2D eigenvalue weighted by atomic mass is 16.5. The molecule has 1 aromatic rings. The number of hydrogen-bond donors (Lipinski definition) is 2. The van der Waals surface area contributed by atoms with Crippen LogP contribution in [-0.2, 0) is 4.79 Å². The second kappa shape index (κ2) is 7.85. The highest BCUT2D eigenvalue weighted by Gasteiger charge is 2.23. The molecule has 0 aromatic heterocycles. The predicted molar refractivity (Wildman–Crippen MR) is 85.0 cm³/mol. The van der Waals surface area contributed by atoms with Gasteiger partial charge in [0.25, 0.3) is 5.91 Å². The maximum atomic E-state index is 12.0. The SMILES string of the molecule is COc1cc(C(=O)O)ccc1OCC(=O)N[C@H]1CCCC[C@@H]1C. The molecule has 2 N–H and O–H groups in total. The molecule has 126 valence electrons. The van der Waals surface area contributed by atoms with Crippen LogP contribution in [-0.4, -0.2) is 36.7 Å². The van der Waals surface area contributed by atoms with Crippen molar-refractivity contribution in [2.45, 2.75) is 38.6 Å². The van der Waals surface area contributed by atoms with Gasteiger partial charge in [-0.05, 0) is 37.0 Å². The summed E-state index contributed by atoms with van der Waals surface area (Å²) in [5.41, 5.74) is 0.106. The summed E-state index contributed by atoms with van der Waals surface area (Å²) in [5, 5.41) is 12.0. The minimum atomic E-state index is -1.04. The van der Waals surface area contributed by atoms with E-state index in [9.17, 15) is 9.59 Å². The van der Waals surface area contributed by atoms with Crippen LogP contribution in [0.3, 0.4) is 0 Å². The van der Waals surface area contributed by atoms with Crippen molar-refractivity contribution < 1.29 is 24.2 Å². The number of carbonyl (C=O) groups excluding carboxylic acids is 1. The van der Waals surface area contributed by atoms with Gasteiger partial charge in [-0.15, -0.1) is 0 Å². The molecule has 1 amide bonds. The molecule has 1 aliphatic carbocycles. The van der Waals surface area contributed by atoms with Crippen LogP contribution in [0, 0.1) is 5.92 Å². The number of methoxy groups -OCH3 is 1. The Balaban J connectivity index is 1.92. The van der Waals surface area contributed by atoms with E-state index >= 15 is 0 Å². The van der Waals surface area contributed by atoms with Gasteiger partial charge < -0.3 is 19.9 Å². The maximum absolute atomic E-state index is 12.0. The molecule has 0 spiro atoms. The minimum absolute atomic E-state index is 0.106. The normalized spacial score (nSPS) is 20.6. The molecule has 6 nitrogen and oxygen atoms in total. The third-order valence-corrected chi connectivity index (χ3v) is 4.23. The molecular formula is C17H23NO5. The standard InChI is InChI=1S/C17H23NO5/c1-11-5-3-4-6-13(11)18-16(19)10-23-14-8-7-12(17(20)21)9-15(14)22-2/h7-9,11,13H,3-6,10H2,1-2H3,(H,18,19)(H,20,21)/t11-,13-/m0/s1. The number of aromatic carboxylic acids is 1. The van der Waals surface area contributed by atoms with E-state index in [-0.39, 0.29) is 24.1 Å². The number of ether oxygens (including phenoxy) is 2. The van der Waals surface area contributed by atoms with E-state index in [0.717, 1.165) is 19.3 Å². The number of benzene rings is 1. The molecule has 0 aliphatic heterocycles. The molecule has 0 unspecified atom stereocenters. The Morgan fingerprint density at radius 3 is 2.65 bits per heavy atom. The Morgan fingerprint density at radius 2 is 2.00 bits per heavy atom. The number of carboxylic acid groups (broad SMARTS) is 1. The lowest BCUT2D eigenvalue weighted by atomic mass is 9.86. The zero-order valence-electron chi connectivity index (χ0n) is 13.5. The molecule has 0 heterocycles. The van der Waals surface area contributed by atoms with Crippen LogP contribution in [0.5, 0.6) is 11.5 Å². The summed E-state index contributed by atoms with van der Waals surface area (Å²) in [4.78, 5) is 23.0. The summed E-state index contributed by atoms with van der Waals surface area (Å²) < 4.78 is 10.6. The molecule has 1 saturated carbocycles. The second-order valence-corrected chi connectivity index (χ2v) is 5.90. The maximum Gasteiger partial charge on any atom is 0.335 e. The predicted octanol–water partition coefficient (Wildman–Crippen LogP) is 2.47. The molecule has 1 aliphatic rings. The average molecular weight is 321 g/mol. The molecule has 2 rings (SSSR count). The number of amides is 1. The van der Waals surface area contributed by atoms with Gasteiger partial charge in [0.1, 0.15) is 0 Å². The largest absolute Gasteiger partial charge is 0.493 e. The van der Waals surface area contributed by atoms with Crippen LogP contribution in [0.25, 0.3) is 0 Å². The minimum Gasteiger partial charge on any atom is -0.493 e. The van der Waals surface area contributed by atoms with Crippen molar-refractivity contribution in [1.82, 2.24) is 5.32 Å². The number of carbonyl (C=O) groups is 2. The van der Waals surface area contributed by atoms with E-state index in [1.54, 1.807) is 0 Å². The Kier molecular flexibility index (Phi) is 5.84. The topological polar surface area (TPSA) is 84.9 Å². The van der Waals surface area contributed by atoms with Gasteiger partial charge in [-0.25, -0.2) is 4.79 Å². The summed E-state index contributed by atoms with van der Waals surface area (Å²) >= 11 is 0. The highest BCUT2D eigenvalue weighted by molar-refractivity contribution is 5.88. The molecule has 1 fully saturated rings. The fourth-order valence-electron chi connectivity index (χ4n) is 2.84. The van der Waals surface area contributed by atoms with Gasteiger partial charge in [0.05, 0.1) is 12.7 Å². The van der Waals surface area contributed by atoms with Crippen molar-refractivity contribution in [3.63, 3.8) is 0 Å². The van der Waals surface area contributed by atoms with Crippen LogP contribution in [0.2, 0.25) is 0 Å². The quantitative estimate of drug-likeness (QED) is 0.841. The number of nitrogens with one attached hydrogen (secondary N) is 1. The van der Waals surface area contributed by atoms with E-state index in [1.807, 2.05) is 0 Å². The Hall–Kier alpha value is -2.24. The third-order valence-electron chi connectivity index (χ3n) is 4.23. The lowest BCUT2D eigenvalue weighted by Gasteiger charge is -2.29. The first kappa shape index (κ1) is 17.1. The summed E-state index contributed by atoms with van der Waals surface area (Å²) in [7, 11) is 1.43. The van der Waals surface area contributed by atoms with Gasteiger partial charge in [-0.2, -0.15) is 0 Å². The number of carboxylic acids is 1. The van der Waals surface area contributed by atoms with Crippen molar-refractivity contribution >= 4 is 11.9 Å². The van der Waals surface area contributed by atoms with Crippen molar-refractivity contribution in [2.75, 3.05) is 13.7 Å². The van der Waals surface area contributed by atoms with Gasteiger partial charge >= 0.3 is 5.97 Å². The zero-order valence-corrected chi connectivity index (χ0v) is 13.5. The summed E-state index contributed by atoms with van der Waals surface area (Å²) in [6.07, 6.45) is 4.50. The van der Waals surface area contributed by atoms with Gasteiger partial charge in [-0.1, -0.05) is 19.8 Å². The van der Waals surface area contributed by atoms with Crippen molar-refractivity contribution in [3.8, 4) is 11.5 Å². The van der Waals surface area contributed by atoms with Crippen molar-refractivity contribution in [3.05, 3.63) is 23.8 Å². The van der Waals surface area contributed by atoms with E-state index < -0.39 is 5.97 Å². The van der Waals surface area contributed by atoms with Crippen molar-refractivity contribution in [1.29, 1.82) is 0 Å². The van der Waals surface area contributed by atoms with Gasteiger partial charge in [0.15, 0.2) is 18.1 Å². The lowest BCUT2D eigenvalue weighted by Crippen LogP contribution is -2.43. The van der Waals surface area contributed by atoms with Gasteiger partial charge in [0, 0.05) is 6.04 Å². The van der Waals surface area contributed by atoms with Crippen LogP contribution in [0.1, 0.15) is 43.0 Å². The summed E-state index contributed by atoms with van der Waals surface area (Å²) in [5.74, 6) is -0.0860. The van der Waals surface area contributed by atoms with Crippen LogP contribution in [0.4, 0.5) is 0 Å². The van der Waals surface area contributed by atoms with Crippen molar-refractivity contribution in [2.24, 2.45) is 5.92 Å². The molecule has 2 atom stereocenters. The number of rotatable bonds is 6. The van der Waals surface area contributed by atoms with E-state index in [1.165, 1.54) is 31.7 Å². The molecule has 23 heavy (non-hydrogen) atoms. The first-order valence-corrected chi connectivity index (χ1v) is 7.84.